The van der Waals surface area contributed by atoms with Gasteiger partial charge in [-0.3, -0.25) is 0 Å². The maximum Gasteiger partial charge on any atom is 0.0935 e. The molecule has 0 saturated carbocycles. The highest BCUT2D eigenvalue weighted by molar-refractivity contribution is 6.31. The van der Waals surface area contributed by atoms with Crippen LogP contribution in [-0.4, -0.2) is 6.54 Å². The number of benzene rings is 1. The van der Waals surface area contributed by atoms with Gasteiger partial charge >= 0.3 is 0 Å². The first-order valence-corrected chi connectivity index (χ1v) is 7.09. The smallest absolute Gasteiger partial charge is 0.0935 e. The summed E-state index contributed by atoms with van der Waals surface area (Å²) in [5.74, 6) is 0. The van der Waals surface area contributed by atoms with Crippen molar-refractivity contribution < 1.29 is 4.42 Å². The molecule has 1 aromatic carbocycles. The van der Waals surface area contributed by atoms with Crippen LogP contribution in [-0.2, 0) is 6.42 Å². The van der Waals surface area contributed by atoms with Crippen LogP contribution in [0.25, 0.3) is 0 Å². The van der Waals surface area contributed by atoms with E-state index in [9.17, 15) is 0 Å². The van der Waals surface area contributed by atoms with Crippen LogP contribution in [0.1, 0.15) is 36.1 Å². The monoisotopic (exact) mass is 277 g/mol. The molecule has 102 valence electrons. The first-order valence-electron chi connectivity index (χ1n) is 6.71. The molecule has 1 atom stereocenters. The van der Waals surface area contributed by atoms with Crippen LogP contribution in [0, 0.1) is 6.92 Å². The molecule has 0 amide bonds. The van der Waals surface area contributed by atoms with Crippen LogP contribution in [0.3, 0.4) is 0 Å². The summed E-state index contributed by atoms with van der Waals surface area (Å²) in [7, 11) is 0. The third-order valence-corrected chi connectivity index (χ3v) is 3.76. The molecule has 2 aromatic rings. The van der Waals surface area contributed by atoms with E-state index in [-0.39, 0.29) is 6.04 Å². The maximum atomic E-state index is 6.23. The summed E-state index contributed by atoms with van der Waals surface area (Å²) in [5, 5.41) is 4.42. The average Bonchev–Trinajstić information content (AvgIpc) is 2.91. The fraction of sp³-hybridized carbons (Fsp3) is 0.375. The molecule has 1 N–H and O–H groups in total. The lowest BCUT2D eigenvalue weighted by Crippen LogP contribution is -2.24. The van der Waals surface area contributed by atoms with Gasteiger partial charge in [0.05, 0.1) is 12.5 Å². The zero-order valence-corrected chi connectivity index (χ0v) is 12.2. The standard InChI is InChI=1S/C16H20ClNO/c1-3-8-18-16(10-13-7-9-19-11-13)14-5-4-6-15(17)12(14)2/h4-7,9,11,16,18H,3,8,10H2,1-2H3. The number of halogens is 1. The Kier molecular flexibility index (Phi) is 5.06. The van der Waals surface area contributed by atoms with Crippen LogP contribution >= 0.6 is 11.6 Å². The van der Waals surface area contributed by atoms with E-state index < -0.39 is 0 Å². The van der Waals surface area contributed by atoms with Crippen molar-refractivity contribution in [2.45, 2.75) is 32.7 Å². The molecular formula is C16H20ClNO. The van der Waals surface area contributed by atoms with Crippen molar-refractivity contribution in [3.63, 3.8) is 0 Å². The van der Waals surface area contributed by atoms with E-state index in [1.807, 2.05) is 18.2 Å². The van der Waals surface area contributed by atoms with Crippen molar-refractivity contribution in [1.82, 2.24) is 5.32 Å². The highest BCUT2D eigenvalue weighted by Crippen LogP contribution is 2.26. The second kappa shape index (κ2) is 6.78. The molecule has 19 heavy (non-hydrogen) atoms. The number of furan rings is 1. The molecule has 0 aliphatic carbocycles. The third kappa shape index (κ3) is 3.62. The fourth-order valence-corrected chi connectivity index (χ4v) is 2.44. The van der Waals surface area contributed by atoms with Gasteiger partial charge in [0.15, 0.2) is 0 Å². The zero-order valence-electron chi connectivity index (χ0n) is 11.4. The van der Waals surface area contributed by atoms with Crippen LogP contribution in [0.4, 0.5) is 0 Å². The Morgan fingerprint density at radius 1 is 1.32 bits per heavy atom. The minimum absolute atomic E-state index is 0.274. The van der Waals surface area contributed by atoms with E-state index >= 15 is 0 Å². The highest BCUT2D eigenvalue weighted by Gasteiger charge is 2.15. The normalized spacial score (nSPS) is 12.6. The van der Waals surface area contributed by atoms with Gasteiger partial charge in [0, 0.05) is 11.1 Å². The second-order valence-electron chi connectivity index (χ2n) is 4.80. The van der Waals surface area contributed by atoms with E-state index in [2.05, 4.69) is 25.2 Å². The predicted molar refractivity (Wildman–Crippen MR) is 79.6 cm³/mol. The average molecular weight is 278 g/mol. The van der Waals surface area contributed by atoms with Crippen molar-refractivity contribution in [3.05, 3.63) is 58.5 Å². The molecule has 0 aliphatic heterocycles. The Morgan fingerprint density at radius 2 is 2.16 bits per heavy atom. The van der Waals surface area contributed by atoms with Gasteiger partial charge in [-0.1, -0.05) is 30.7 Å². The van der Waals surface area contributed by atoms with E-state index in [4.69, 9.17) is 16.0 Å². The molecule has 0 saturated heterocycles. The summed E-state index contributed by atoms with van der Waals surface area (Å²) in [4.78, 5) is 0. The van der Waals surface area contributed by atoms with Gasteiger partial charge in [0.25, 0.3) is 0 Å². The van der Waals surface area contributed by atoms with Crippen molar-refractivity contribution >= 4 is 11.6 Å². The Morgan fingerprint density at radius 3 is 2.84 bits per heavy atom. The van der Waals surface area contributed by atoms with Gasteiger partial charge in [0.1, 0.15) is 0 Å². The minimum Gasteiger partial charge on any atom is -0.472 e. The van der Waals surface area contributed by atoms with Crippen LogP contribution in [0.2, 0.25) is 5.02 Å². The summed E-state index contributed by atoms with van der Waals surface area (Å²) in [6, 6.07) is 8.39. The lowest BCUT2D eigenvalue weighted by molar-refractivity contribution is 0.519. The summed E-state index contributed by atoms with van der Waals surface area (Å²) >= 11 is 6.23. The van der Waals surface area contributed by atoms with Crippen LogP contribution < -0.4 is 5.32 Å². The second-order valence-corrected chi connectivity index (χ2v) is 5.20. The molecule has 1 unspecified atom stereocenters. The van der Waals surface area contributed by atoms with E-state index in [1.165, 1.54) is 11.1 Å². The summed E-state index contributed by atoms with van der Waals surface area (Å²) in [6.07, 6.45) is 5.55. The largest absolute Gasteiger partial charge is 0.472 e. The third-order valence-electron chi connectivity index (χ3n) is 3.35. The van der Waals surface area contributed by atoms with Crippen molar-refractivity contribution in [3.8, 4) is 0 Å². The molecule has 0 bridgehead atoms. The Balaban J connectivity index is 2.23. The Hall–Kier alpha value is -1.25. The van der Waals surface area contributed by atoms with Crippen LogP contribution in [0.5, 0.6) is 0 Å². The van der Waals surface area contributed by atoms with E-state index in [1.54, 1.807) is 12.5 Å². The van der Waals surface area contributed by atoms with E-state index in [0.717, 1.165) is 30.0 Å². The summed E-state index contributed by atoms with van der Waals surface area (Å²) in [6.45, 7) is 5.24. The molecule has 1 heterocycles. The van der Waals surface area contributed by atoms with Crippen molar-refractivity contribution in [1.29, 1.82) is 0 Å². The Bertz CT molecular complexity index is 507. The Labute approximate surface area is 119 Å². The topological polar surface area (TPSA) is 25.2 Å². The molecule has 3 heteroatoms. The van der Waals surface area contributed by atoms with Gasteiger partial charge in [-0.15, -0.1) is 0 Å². The molecule has 2 nitrogen and oxygen atoms in total. The number of nitrogens with one attached hydrogen (secondary N) is 1. The van der Waals surface area contributed by atoms with Crippen molar-refractivity contribution in [2.24, 2.45) is 0 Å². The SMILES string of the molecule is CCCNC(Cc1ccoc1)c1cccc(Cl)c1C. The number of hydrogen-bond acceptors (Lipinski definition) is 2. The lowest BCUT2D eigenvalue weighted by Gasteiger charge is -2.21. The lowest BCUT2D eigenvalue weighted by atomic mass is 9.96. The van der Waals surface area contributed by atoms with E-state index in [0.29, 0.717) is 0 Å². The van der Waals surface area contributed by atoms with Gasteiger partial charge in [-0.05, 0) is 55.1 Å². The quantitative estimate of drug-likeness (QED) is 0.839. The molecule has 0 spiro atoms. The van der Waals surface area contributed by atoms with Gasteiger partial charge in [-0.25, -0.2) is 0 Å². The molecule has 0 fully saturated rings. The van der Waals surface area contributed by atoms with Gasteiger partial charge in [-0.2, -0.15) is 0 Å². The predicted octanol–water partition coefficient (Wildman–Crippen LogP) is 4.52. The van der Waals surface area contributed by atoms with Crippen LogP contribution in [0.15, 0.2) is 41.2 Å². The fourth-order valence-electron chi connectivity index (χ4n) is 2.26. The number of hydrogen-bond donors (Lipinski definition) is 1. The first-order chi connectivity index (χ1) is 9.22. The van der Waals surface area contributed by atoms with Gasteiger partial charge < -0.3 is 9.73 Å². The molecule has 1 aromatic heterocycles. The summed E-state index contributed by atoms with van der Waals surface area (Å²) in [5.41, 5.74) is 3.62. The maximum absolute atomic E-state index is 6.23. The van der Waals surface area contributed by atoms with Gasteiger partial charge in [0.2, 0.25) is 0 Å². The molecule has 2 rings (SSSR count). The number of rotatable bonds is 6. The zero-order chi connectivity index (χ0) is 13.7. The molecule has 0 aliphatic rings. The molecular weight excluding hydrogens is 258 g/mol. The minimum atomic E-state index is 0.274. The first kappa shape index (κ1) is 14.2. The highest BCUT2D eigenvalue weighted by atomic mass is 35.5. The van der Waals surface area contributed by atoms with Crippen molar-refractivity contribution in [2.75, 3.05) is 6.54 Å². The summed E-state index contributed by atoms with van der Waals surface area (Å²) < 4.78 is 5.16. The molecule has 0 radical (unpaired) electrons.